The first kappa shape index (κ1) is 31.3. The van der Waals surface area contributed by atoms with Gasteiger partial charge in [0, 0.05) is 41.6 Å². The van der Waals surface area contributed by atoms with Crippen LogP contribution >= 0.6 is 15.9 Å². The number of carboxylic acids is 2. The van der Waals surface area contributed by atoms with Crippen molar-refractivity contribution < 1.29 is 37.8 Å². The zero-order valence-electron chi connectivity index (χ0n) is 21.6. The molecule has 0 unspecified atom stereocenters. The minimum absolute atomic E-state index is 0.138. The second-order valence-electron chi connectivity index (χ2n) is 8.44. The minimum atomic E-state index is -5.08. The molecule has 0 bridgehead atoms. The quantitative estimate of drug-likeness (QED) is 0.305. The lowest BCUT2D eigenvalue weighted by Gasteiger charge is -2.22. The van der Waals surface area contributed by atoms with Crippen molar-refractivity contribution in [1.29, 1.82) is 0 Å². The first-order valence-corrected chi connectivity index (χ1v) is 12.4. The number of carbonyl (C=O) groups excluding carboxylic acids is 1. The molecule has 0 saturated carbocycles. The van der Waals surface area contributed by atoms with Crippen LogP contribution in [0.4, 0.5) is 24.5 Å². The van der Waals surface area contributed by atoms with Gasteiger partial charge in [-0.2, -0.15) is 18.3 Å². The molecule has 0 spiro atoms. The molecule has 1 heterocycles. The summed E-state index contributed by atoms with van der Waals surface area (Å²) < 4.78 is 34.6. The van der Waals surface area contributed by atoms with Crippen LogP contribution in [0.1, 0.15) is 44.6 Å². The largest absolute Gasteiger partial charge is 0.490 e. The summed E-state index contributed by atoms with van der Waals surface area (Å²) in [7, 11) is 1.87. The molecule has 9 nitrogen and oxygen atoms in total. The Labute approximate surface area is 231 Å². The number of aryl methyl sites for hydroxylation is 2. The van der Waals surface area contributed by atoms with E-state index in [1.807, 2.05) is 23.6 Å². The van der Waals surface area contributed by atoms with Crippen LogP contribution in [0.2, 0.25) is 0 Å². The molecule has 3 aromatic rings. The van der Waals surface area contributed by atoms with E-state index in [1.165, 1.54) is 11.6 Å². The normalized spacial score (nSPS) is 10.9. The van der Waals surface area contributed by atoms with E-state index < -0.39 is 18.1 Å². The number of aromatic carboxylic acids is 1. The maximum atomic E-state index is 12.5. The average molecular weight is 613 g/mol. The van der Waals surface area contributed by atoms with Crippen molar-refractivity contribution in [2.45, 2.75) is 39.9 Å². The Morgan fingerprint density at radius 3 is 2.15 bits per heavy atom. The summed E-state index contributed by atoms with van der Waals surface area (Å²) in [5, 5.41) is 24.2. The number of amides is 1. The fraction of sp³-hybridized carbons (Fsp3) is 0.308. The van der Waals surface area contributed by atoms with E-state index in [-0.39, 0.29) is 11.5 Å². The van der Waals surface area contributed by atoms with E-state index in [9.17, 15) is 27.9 Å². The third-order valence-electron chi connectivity index (χ3n) is 5.77. The van der Waals surface area contributed by atoms with Crippen molar-refractivity contribution in [2.75, 3.05) is 23.8 Å². The van der Waals surface area contributed by atoms with Crippen LogP contribution in [-0.4, -0.2) is 57.6 Å². The third-order valence-corrected chi connectivity index (χ3v) is 6.30. The Morgan fingerprint density at radius 2 is 1.67 bits per heavy atom. The number of halogens is 4. The van der Waals surface area contributed by atoms with Gasteiger partial charge in [0.2, 0.25) is 0 Å². The number of aromatic nitrogens is 2. The van der Waals surface area contributed by atoms with Crippen molar-refractivity contribution in [3.8, 4) is 0 Å². The van der Waals surface area contributed by atoms with Gasteiger partial charge in [-0.1, -0.05) is 15.9 Å². The van der Waals surface area contributed by atoms with Gasteiger partial charge < -0.3 is 20.4 Å². The number of carbonyl (C=O) groups is 3. The average Bonchev–Trinajstić information content (AvgIpc) is 3.14. The zero-order chi connectivity index (χ0) is 29.5. The predicted molar refractivity (Wildman–Crippen MR) is 144 cm³/mol. The zero-order valence-corrected chi connectivity index (χ0v) is 23.2. The maximum Gasteiger partial charge on any atom is 0.490 e. The van der Waals surface area contributed by atoms with Gasteiger partial charge in [0.05, 0.1) is 16.9 Å². The molecule has 1 amide bonds. The van der Waals surface area contributed by atoms with Gasteiger partial charge in [-0.25, -0.2) is 9.59 Å². The SMILES string of the molecule is CCn1nc(C)c(CCN(C)c2ccc(NC(=O)c3ccc(Br)cc3)cc2C(=O)O)c1C.O=C(O)C(F)(F)F. The summed E-state index contributed by atoms with van der Waals surface area (Å²) in [5.74, 6) is -4.10. The molecule has 13 heteroatoms. The summed E-state index contributed by atoms with van der Waals surface area (Å²) >= 11 is 3.34. The summed E-state index contributed by atoms with van der Waals surface area (Å²) in [5.41, 5.74) is 4.99. The molecular weight excluding hydrogens is 585 g/mol. The molecule has 0 saturated heterocycles. The Morgan fingerprint density at radius 1 is 1.08 bits per heavy atom. The van der Waals surface area contributed by atoms with Crippen molar-refractivity contribution in [3.05, 3.63) is 75.0 Å². The number of likely N-dealkylation sites (N-methyl/N-ethyl adjacent to an activating group) is 1. The number of nitrogens with one attached hydrogen (secondary N) is 1. The van der Waals surface area contributed by atoms with Crippen LogP contribution in [0.15, 0.2) is 46.9 Å². The number of nitrogens with zero attached hydrogens (tertiary/aromatic N) is 3. The van der Waals surface area contributed by atoms with Gasteiger partial charge in [-0.15, -0.1) is 0 Å². The lowest BCUT2D eigenvalue weighted by atomic mass is 10.1. The Kier molecular flexibility index (Phi) is 10.7. The first-order valence-electron chi connectivity index (χ1n) is 11.6. The summed E-state index contributed by atoms with van der Waals surface area (Å²) in [6.07, 6.45) is -4.32. The first-order chi connectivity index (χ1) is 18.1. The summed E-state index contributed by atoms with van der Waals surface area (Å²) in [4.78, 5) is 35.2. The molecule has 0 fully saturated rings. The second-order valence-corrected chi connectivity index (χ2v) is 9.35. The van der Waals surface area contributed by atoms with Crippen LogP contribution in [-0.2, 0) is 17.8 Å². The fourth-order valence-corrected chi connectivity index (χ4v) is 3.99. The van der Waals surface area contributed by atoms with Crippen LogP contribution in [0.3, 0.4) is 0 Å². The van der Waals surface area contributed by atoms with E-state index in [2.05, 4.69) is 40.2 Å². The van der Waals surface area contributed by atoms with Crippen LogP contribution in [0.5, 0.6) is 0 Å². The van der Waals surface area contributed by atoms with Crippen molar-refractivity contribution in [1.82, 2.24) is 9.78 Å². The van der Waals surface area contributed by atoms with Gasteiger partial charge in [0.15, 0.2) is 0 Å². The number of hydrogen-bond acceptors (Lipinski definition) is 5. The van der Waals surface area contributed by atoms with E-state index in [0.29, 0.717) is 23.5 Å². The molecule has 2 aromatic carbocycles. The van der Waals surface area contributed by atoms with Crippen molar-refractivity contribution in [3.63, 3.8) is 0 Å². The lowest BCUT2D eigenvalue weighted by Crippen LogP contribution is -2.23. The van der Waals surface area contributed by atoms with Crippen LogP contribution in [0.25, 0.3) is 0 Å². The number of carboxylic acid groups (broad SMARTS) is 2. The van der Waals surface area contributed by atoms with Gasteiger partial charge >= 0.3 is 18.1 Å². The highest BCUT2D eigenvalue weighted by atomic mass is 79.9. The van der Waals surface area contributed by atoms with Gasteiger partial charge in [-0.3, -0.25) is 9.48 Å². The Bertz CT molecular complexity index is 1340. The molecule has 0 aliphatic carbocycles. The lowest BCUT2D eigenvalue weighted by molar-refractivity contribution is -0.192. The monoisotopic (exact) mass is 612 g/mol. The summed E-state index contributed by atoms with van der Waals surface area (Å²) in [6.45, 7) is 7.58. The molecule has 0 aliphatic heterocycles. The highest BCUT2D eigenvalue weighted by Gasteiger charge is 2.38. The number of hydrogen-bond donors (Lipinski definition) is 3. The van der Waals surface area contributed by atoms with Gasteiger partial charge in [0.1, 0.15) is 0 Å². The number of benzene rings is 2. The summed E-state index contributed by atoms with van der Waals surface area (Å²) in [6, 6.07) is 11.9. The van der Waals surface area contributed by atoms with E-state index in [0.717, 1.165) is 28.8 Å². The van der Waals surface area contributed by atoms with Gasteiger partial charge in [-0.05, 0) is 75.2 Å². The van der Waals surface area contributed by atoms with Crippen molar-refractivity contribution >= 4 is 45.2 Å². The van der Waals surface area contributed by atoms with Crippen LogP contribution in [0, 0.1) is 13.8 Å². The van der Waals surface area contributed by atoms with E-state index in [4.69, 9.17) is 9.90 Å². The second kappa shape index (κ2) is 13.3. The van der Waals surface area contributed by atoms with E-state index >= 15 is 0 Å². The van der Waals surface area contributed by atoms with Crippen LogP contribution < -0.4 is 10.2 Å². The van der Waals surface area contributed by atoms with Crippen molar-refractivity contribution in [2.24, 2.45) is 0 Å². The molecule has 3 N–H and O–H groups in total. The molecule has 210 valence electrons. The number of rotatable bonds is 8. The highest BCUT2D eigenvalue weighted by Crippen LogP contribution is 2.25. The van der Waals surface area contributed by atoms with E-state index in [1.54, 1.807) is 36.4 Å². The standard InChI is InChI=1S/C24H27BrN4O3.C2HF3O2/c1-5-29-16(3)20(15(2)27-29)12-13-28(4)22-11-10-19(14-21(22)24(31)32)26-23(30)17-6-8-18(25)9-7-17;3-2(4,5)1(6)7/h6-11,14H,5,12-13H2,1-4H3,(H,26,30)(H,31,32);(H,6,7). The smallest absolute Gasteiger partial charge is 0.478 e. The minimum Gasteiger partial charge on any atom is -0.478 e. The maximum absolute atomic E-state index is 12.5. The number of anilines is 2. The topological polar surface area (TPSA) is 125 Å². The number of aliphatic carboxylic acids is 1. The molecule has 0 aliphatic rings. The molecule has 0 atom stereocenters. The molecular formula is C26H28BrF3N4O5. The predicted octanol–water partition coefficient (Wildman–Crippen LogP) is 5.55. The highest BCUT2D eigenvalue weighted by molar-refractivity contribution is 9.10. The third kappa shape index (κ3) is 8.57. The molecule has 39 heavy (non-hydrogen) atoms. The fourth-order valence-electron chi connectivity index (χ4n) is 3.73. The Hall–Kier alpha value is -3.87. The number of alkyl halides is 3. The van der Waals surface area contributed by atoms with Gasteiger partial charge in [0.25, 0.3) is 5.91 Å². The molecule has 3 rings (SSSR count). The molecule has 1 aromatic heterocycles. The Balaban J connectivity index is 0.000000673. The molecule has 0 radical (unpaired) electrons.